The molecule has 4 aliphatic carbocycles. The van der Waals surface area contributed by atoms with Crippen molar-refractivity contribution in [3.8, 4) is 0 Å². The number of piperidine rings is 1. The zero-order valence-electron chi connectivity index (χ0n) is 29.4. The second kappa shape index (κ2) is 13.3. The van der Waals surface area contributed by atoms with Crippen LogP contribution in [-0.4, -0.2) is 59.8 Å². The first-order valence-electron chi connectivity index (χ1n) is 19.5. The van der Waals surface area contributed by atoms with Gasteiger partial charge >= 0.3 is 11.9 Å². The lowest BCUT2D eigenvalue weighted by Crippen LogP contribution is -2.68. The van der Waals surface area contributed by atoms with Gasteiger partial charge in [-0.25, -0.2) is 4.79 Å². The Bertz CT molecular complexity index is 1190. The Kier molecular flexibility index (Phi) is 9.64. The number of nitrogens with two attached hydrogens (primary N) is 1. The molecule has 12 unspecified atom stereocenters. The van der Waals surface area contributed by atoms with Crippen molar-refractivity contribution in [1.82, 2.24) is 5.32 Å². The molecule has 1 spiro atoms. The molecular formula is C39H62N2O6. The van der Waals surface area contributed by atoms with Crippen molar-refractivity contribution in [2.75, 3.05) is 13.2 Å². The fourth-order valence-electron chi connectivity index (χ4n) is 12.5. The first-order chi connectivity index (χ1) is 22.6. The normalized spacial score (nSPS) is 46.6. The lowest BCUT2D eigenvalue weighted by molar-refractivity contribution is -0.266. The molecule has 0 radical (unpaired) electrons. The number of nitrogens with one attached hydrogen (secondary N) is 1. The van der Waals surface area contributed by atoms with E-state index in [2.05, 4.69) is 12.2 Å². The van der Waals surface area contributed by atoms with Crippen LogP contribution in [0.25, 0.3) is 0 Å². The molecule has 8 heteroatoms. The predicted octanol–water partition coefficient (Wildman–Crippen LogP) is 6.18. The van der Waals surface area contributed by atoms with Crippen LogP contribution in [-0.2, 0) is 23.8 Å². The van der Waals surface area contributed by atoms with E-state index in [0.717, 1.165) is 77.2 Å². The highest BCUT2D eigenvalue weighted by Gasteiger charge is 2.70. The van der Waals surface area contributed by atoms with Gasteiger partial charge in [-0.2, -0.15) is 0 Å². The maximum absolute atomic E-state index is 13.8. The summed E-state index contributed by atoms with van der Waals surface area (Å²) in [7, 11) is 0. The monoisotopic (exact) mass is 654 g/mol. The summed E-state index contributed by atoms with van der Waals surface area (Å²) in [5.74, 6) is 2.03. The average Bonchev–Trinajstić information content (AvgIpc) is 3.44. The molecule has 8 nitrogen and oxygen atoms in total. The van der Waals surface area contributed by atoms with Gasteiger partial charge in [-0.1, -0.05) is 44.6 Å². The molecule has 12 atom stereocenters. The van der Waals surface area contributed by atoms with Gasteiger partial charge in [0.25, 0.3) is 0 Å². The summed E-state index contributed by atoms with van der Waals surface area (Å²) in [6.07, 6.45) is 19.2. The van der Waals surface area contributed by atoms with Gasteiger partial charge in [0.1, 0.15) is 17.3 Å². The molecule has 3 aliphatic heterocycles. The van der Waals surface area contributed by atoms with Gasteiger partial charge in [0.15, 0.2) is 0 Å². The topological polar surface area (TPSA) is 120 Å². The van der Waals surface area contributed by atoms with E-state index in [1.165, 1.54) is 32.1 Å². The van der Waals surface area contributed by atoms with Crippen LogP contribution >= 0.6 is 0 Å². The van der Waals surface area contributed by atoms with Crippen molar-refractivity contribution < 1.29 is 28.9 Å². The minimum Gasteiger partial charge on any atom is -0.462 e. The van der Waals surface area contributed by atoms with Crippen molar-refractivity contribution >= 4 is 11.9 Å². The van der Waals surface area contributed by atoms with Crippen molar-refractivity contribution in [2.45, 2.75) is 160 Å². The number of carbonyl (C=O) groups is 2. The van der Waals surface area contributed by atoms with E-state index in [9.17, 15) is 14.7 Å². The molecule has 47 heavy (non-hydrogen) atoms. The number of rotatable bonds is 6. The van der Waals surface area contributed by atoms with Gasteiger partial charge in [-0.15, -0.1) is 0 Å². The minimum absolute atomic E-state index is 0.0102. The molecule has 3 heterocycles. The third-order valence-electron chi connectivity index (χ3n) is 14.9. The van der Waals surface area contributed by atoms with Crippen LogP contribution in [0.4, 0.5) is 0 Å². The summed E-state index contributed by atoms with van der Waals surface area (Å²) in [5.41, 5.74) is 5.55. The highest BCUT2D eigenvalue weighted by Crippen LogP contribution is 2.65. The van der Waals surface area contributed by atoms with E-state index in [1.807, 2.05) is 19.9 Å². The molecule has 4 N–H and O–H groups in total. The first-order valence-corrected chi connectivity index (χ1v) is 19.5. The van der Waals surface area contributed by atoms with Crippen LogP contribution in [0, 0.1) is 46.8 Å². The highest BCUT2D eigenvalue weighted by molar-refractivity contribution is 5.88. The summed E-state index contributed by atoms with van der Waals surface area (Å²) in [6.45, 7) is 6.98. The lowest BCUT2D eigenvalue weighted by Gasteiger charge is -2.61. The van der Waals surface area contributed by atoms with E-state index < -0.39 is 11.2 Å². The molecule has 0 aromatic heterocycles. The summed E-state index contributed by atoms with van der Waals surface area (Å²) >= 11 is 0. The molecule has 3 saturated heterocycles. The van der Waals surface area contributed by atoms with Crippen molar-refractivity contribution in [3.05, 3.63) is 11.6 Å². The highest BCUT2D eigenvalue weighted by atomic mass is 16.6. The lowest BCUT2D eigenvalue weighted by atomic mass is 9.49. The molecule has 7 rings (SSSR count). The number of ether oxygens (including phenoxy) is 3. The van der Waals surface area contributed by atoms with Crippen LogP contribution < -0.4 is 11.1 Å². The standard InChI is InChI=1S/C39H62N2O6/c1-4-24(2)35(43)47-37(3)21-25-10-6-7-11-29(25)34(26-12-13-33(40)41-23-26)39(37)22-28-18-27-19-30(36(44)45-31(27)20-32(28)46-39)38(16-17-42)14-8-5-9-15-38/h4,25-34,41-42H,5-23,40H2,1-3H3. The quantitative estimate of drug-likeness (QED) is 0.229. The van der Waals surface area contributed by atoms with E-state index in [4.69, 9.17) is 19.9 Å². The Hall–Kier alpha value is -1.48. The SMILES string of the molecule is CC=C(C)C(=O)OC1(C)CC2CCCCC2C(C2CCC(N)NC2)C12CC1CC3CC(C4(CCO)CCCCC4)C(=O)OC3CC1O2. The van der Waals surface area contributed by atoms with Gasteiger partial charge in [-0.3, -0.25) is 4.79 Å². The van der Waals surface area contributed by atoms with Crippen LogP contribution in [0.15, 0.2) is 11.6 Å². The molecule has 4 saturated carbocycles. The van der Waals surface area contributed by atoms with E-state index in [1.54, 1.807) is 0 Å². The van der Waals surface area contributed by atoms with Crippen molar-refractivity contribution in [3.63, 3.8) is 0 Å². The van der Waals surface area contributed by atoms with Crippen LogP contribution in [0.5, 0.6) is 0 Å². The summed E-state index contributed by atoms with van der Waals surface area (Å²) < 4.78 is 20.7. The Labute approximate surface area is 282 Å². The molecule has 7 fully saturated rings. The Morgan fingerprint density at radius 1 is 0.979 bits per heavy atom. The molecule has 0 aromatic rings. The van der Waals surface area contributed by atoms with Crippen molar-refractivity contribution in [1.29, 1.82) is 0 Å². The second-order valence-electron chi connectivity index (χ2n) is 17.3. The van der Waals surface area contributed by atoms with E-state index >= 15 is 0 Å². The zero-order chi connectivity index (χ0) is 33.0. The second-order valence-corrected chi connectivity index (χ2v) is 17.3. The van der Waals surface area contributed by atoms with Crippen LogP contribution in [0.3, 0.4) is 0 Å². The molecule has 264 valence electrons. The Balaban J connectivity index is 1.22. The number of hydrogen-bond donors (Lipinski definition) is 3. The molecule has 7 aliphatic rings. The summed E-state index contributed by atoms with van der Waals surface area (Å²) in [4.78, 5) is 27.4. The maximum Gasteiger partial charge on any atom is 0.334 e. The fraction of sp³-hybridized carbons (Fsp3) is 0.897. The third kappa shape index (κ3) is 5.93. The number of allylic oxidation sites excluding steroid dienone is 1. The largest absolute Gasteiger partial charge is 0.462 e. The molecule has 0 aromatic carbocycles. The number of fused-ring (bicyclic) bond motifs is 3. The fourth-order valence-corrected chi connectivity index (χ4v) is 12.5. The van der Waals surface area contributed by atoms with Crippen molar-refractivity contribution in [2.24, 2.45) is 52.6 Å². The number of esters is 2. The predicted molar refractivity (Wildman–Crippen MR) is 180 cm³/mol. The van der Waals surface area contributed by atoms with E-state index in [-0.39, 0.29) is 54.2 Å². The van der Waals surface area contributed by atoms with Gasteiger partial charge in [0, 0.05) is 18.6 Å². The van der Waals surface area contributed by atoms with Gasteiger partial charge in [0.05, 0.1) is 18.2 Å². The molecule has 0 bridgehead atoms. The number of aliphatic hydroxyl groups excluding tert-OH is 1. The molecule has 0 amide bonds. The van der Waals surface area contributed by atoms with Crippen LogP contribution in [0.1, 0.15) is 130 Å². The smallest absolute Gasteiger partial charge is 0.334 e. The first kappa shape index (κ1) is 34.0. The molecular weight excluding hydrogens is 592 g/mol. The van der Waals surface area contributed by atoms with Crippen LogP contribution in [0.2, 0.25) is 0 Å². The zero-order valence-corrected chi connectivity index (χ0v) is 29.4. The van der Waals surface area contributed by atoms with Gasteiger partial charge < -0.3 is 30.4 Å². The van der Waals surface area contributed by atoms with Gasteiger partial charge in [-0.05, 0) is 132 Å². The Morgan fingerprint density at radius 3 is 2.49 bits per heavy atom. The number of carbonyl (C=O) groups excluding carboxylic acids is 2. The number of aliphatic hydroxyl groups is 1. The minimum atomic E-state index is -0.744. The summed E-state index contributed by atoms with van der Waals surface area (Å²) in [6, 6.07) is 0. The van der Waals surface area contributed by atoms with Gasteiger partial charge in [0.2, 0.25) is 0 Å². The summed E-state index contributed by atoms with van der Waals surface area (Å²) in [5, 5.41) is 13.7. The maximum atomic E-state index is 13.8. The average molecular weight is 655 g/mol. The number of hydrogen-bond acceptors (Lipinski definition) is 8. The van der Waals surface area contributed by atoms with E-state index in [0.29, 0.717) is 41.6 Å². The Morgan fingerprint density at radius 2 is 1.77 bits per heavy atom. The third-order valence-corrected chi connectivity index (χ3v) is 14.9.